The third kappa shape index (κ3) is 5.00. The number of hydrogen-bond acceptors (Lipinski definition) is 5. The van der Waals surface area contributed by atoms with Crippen LogP contribution < -0.4 is 10.1 Å². The molecule has 0 fully saturated rings. The lowest BCUT2D eigenvalue weighted by molar-refractivity contribution is -0.384. The number of aromatic carboxylic acids is 1. The molecule has 30 heavy (non-hydrogen) atoms. The van der Waals surface area contributed by atoms with Gasteiger partial charge in [-0.2, -0.15) is 0 Å². The molecule has 0 saturated heterocycles. The van der Waals surface area contributed by atoms with Crippen molar-refractivity contribution in [2.24, 2.45) is 0 Å². The van der Waals surface area contributed by atoms with Gasteiger partial charge in [0.25, 0.3) is 11.6 Å². The Kier molecular flexibility index (Phi) is 6.43. The number of nitro benzene ring substituents is 1. The molecule has 3 rings (SSSR count). The van der Waals surface area contributed by atoms with E-state index in [2.05, 4.69) is 21.2 Å². The number of hydrogen-bond donors (Lipinski definition) is 2. The van der Waals surface area contributed by atoms with Gasteiger partial charge in [-0.25, -0.2) is 4.79 Å². The van der Waals surface area contributed by atoms with Crippen LogP contribution in [0.5, 0.6) is 5.75 Å². The van der Waals surface area contributed by atoms with E-state index in [9.17, 15) is 24.8 Å². The zero-order chi connectivity index (χ0) is 21.7. The number of nitro groups is 1. The van der Waals surface area contributed by atoms with Crippen molar-refractivity contribution < 1.29 is 24.4 Å². The number of carboxylic acids is 1. The van der Waals surface area contributed by atoms with Crippen molar-refractivity contribution in [3.8, 4) is 5.75 Å². The molecule has 9 heteroatoms. The zero-order valence-electron chi connectivity index (χ0n) is 15.4. The van der Waals surface area contributed by atoms with Crippen LogP contribution in [0.3, 0.4) is 0 Å². The standard InChI is InChI=1S/C21H15BrN2O6/c22-18-6-2-5-17(21(26)27)19(18)23-20(25)14-7-9-16(10-8-14)30-12-13-3-1-4-15(11-13)24(28)29/h1-11H,12H2,(H,23,25)(H,26,27). The fourth-order valence-corrected chi connectivity index (χ4v) is 3.11. The van der Waals surface area contributed by atoms with E-state index >= 15 is 0 Å². The Bertz CT molecular complexity index is 1110. The fourth-order valence-electron chi connectivity index (χ4n) is 2.64. The van der Waals surface area contributed by atoms with Crippen LogP contribution in [0.2, 0.25) is 0 Å². The van der Waals surface area contributed by atoms with Crippen LogP contribution in [0, 0.1) is 10.1 Å². The van der Waals surface area contributed by atoms with Crippen molar-refractivity contribution in [1.29, 1.82) is 0 Å². The smallest absolute Gasteiger partial charge is 0.337 e. The molecule has 2 N–H and O–H groups in total. The lowest BCUT2D eigenvalue weighted by Crippen LogP contribution is -2.15. The number of carbonyl (C=O) groups is 2. The van der Waals surface area contributed by atoms with Gasteiger partial charge in [-0.15, -0.1) is 0 Å². The Morgan fingerprint density at radius 3 is 2.43 bits per heavy atom. The Balaban J connectivity index is 1.67. The molecule has 8 nitrogen and oxygen atoms in total. The van der Waals surface area contributed by atoms with E-state index < -0.39 is 16.8 Å². The summed E-state index contributed by atoms with van der Waals surface area (Å²) in [6.07, 6.45) is 0. The van der Waals surface area contributed by atoms with Crippen LogP contribution >= 0.6 is 15.9 Å². The molecule has 0 aliphatic rings. The lowest BCUT2D eigenvalue weighted by atomic mass is 10.1. The minimum atomic E-state index is -1.16. The van der Waals surface area contributed by atoms with E-state index in [1.54, 1.807) is 36.4 Å². The summed E-state index contributed by atoms with van der Waals surface area (Å²) in [6, 6.07) is 17.0. The number of rotatable bonds is 7. The molecule has 0 bridgehead atoms. The number of anilines is 1. The Hall–Kier alpha value is -3.72. The summed E-state index contributed by atoms with van der Waals surface area (Å²) in [7, 11) is 0. The van der Waals surface area contributed by atoms with Crippen molar-refractivity contribution >= 4 is 39.2 Å². The molecule has 0 aliphatic heterocycles. The van der Waals surface area contributed by atoms with Gasteiger partial charge in [0.1, 0.15) is 12.4 Å². The molecular weight excluding hydrogens is 456 g/mol. The maximum absolute atomic E-state index is 12.5. The predicted molar refractivity (Wildman–Crippen MR) is 113 cm³/mol. The second-order valence-corrected chi connectivity index (χ2v) is 7.02. The highest BCUT2D eigenvalue weighted by Crippen LogP contribution is 2.27. The fraction of sp³-hybridized carbons (Fsp3) is 0.0476. The molecule has 0 radical (unpaired) electrons. The zero-order valence-corrected chi connectivity index (χ0v) is 17.0. The number of amides is 1. The van der Waals surface area contributed by atoms with Crippen LogP contribution in [-0.2, 0) is 6.61 Å². The first-order chi connectivity index (χ1) is 14.3. The van der Waals surface area contributed by atoms with E-state index in [1.165, 1.54) is 30.3 Å². The largest absolute Gasteiger partial charge is 0.489 e. The van der Waals surface area contributed by atoms with Gasteiger partial charge in [0, 0.05) is 22.2 Å². The van der Waals surface area contributed by atoms with Gasteiger partial charge in [0.05, 0.1) is 16.2 Å². The summed E-state index contributed by atoms with van der Waals surface area (Å²) in [6.45, 7) is 0.131. The number of para-hydroxylation sites is 1. The number of ether oxygens (including phenoxy) is 1. The summed E-state index contributed by atoms with van der Waals surface area (Å²) in [5.41, 5.74) is 1.07. The third-order valence-electron chi connectivity index (χ3n) is 4.13. The molecule has 1 amide bonds. The molecule has 0 aromatic heterocycles. The minimum Gasteiger partial charge on any atom is -0.489 e. The highest BCUT2D eigenvalue weighted by molar-refractivity contribution is 9.10. The van der Waals surface area contributed by atoms with Crippen LogP contribution in [0.25, 0.3) is 0 Å². The van der Waals surface area contributed by atoms with E-state index in [0.717, 1.165) is 0 Å². The summed E-state index contributed by atoms with van der Waals surface area (Å²) >= 11 is 3.24. The molecular formula is C21H15BrN2O6. The molecule has 0 atom stereocenters. The molecule has 0 saturated carbocycles. The lowest BCUT2D eigenvalue weighted by Gasteiger charge is -2.11. The summed E-state index contributed by atoms with van der Waals surface area (Å²) in [4.78, 5) is 34.2. The maximum Gasteiger partial charge on any atom is 0.337 e. The van der Waals surface area contributed by atoms with E-state index in [4.69, 9.17) is 4.74 Å². The normalized spacial score (nSPS) is 10.3. The molecule has 0 heterocycles. The quantitative estimate of drug-likeness (QED) is 0.374. The summed E-state index contributed by atoms with van der Waals surface area (Å²) in [5.74, 6) is -1.16. The number of halogens is 1. The number of non-ortho nitro benzene ring substituents is 1. The average Bonchev–Trinajstić information content (AvgIpc) is 2.74. The van der Waals surface area contributed by atoms with E-state index in [0.29, 0.717) is 21.3 Å². The molecule has 3 aromatic rings. The number of carboxylic acid groups (broad SMARTS) is 1. The molecule has 152 valence electrons. The Morgan fingerprint density at radius 1 is 1.07 bits per heavy atom. The van der Waals surface area contributed by atoms with Crippen LogP contribution in [0.15, 0.2) is 71.2 Å². The van der Waals surface area contributed by atoms with Gasteiger partial charge >= 0.3 is 5.97 Å². The van der Waals surface area contributed by atoms with Crippen molar-refractivity contribution in [3.05, 3.63) is 98.0 Å². The number of benzene rings is 3. The van der Waals surface area contributed by atoms with Gasteiger partial charge < -0.3 is 15.2 Å². The maximum atomic E-state index is 12.5. The van der Waals surface area contributed by atoms with Crippen LogP contribution in [0.1, 0.15) is 26.3 Å². The molecule has 0 unspecified atom stereocenters. The number of carbonyl (C=O) groups excluding carboxylic acids is 1. The summed E-state index contributed by atoms with van der Waals surface area (Å²) in [5, 5.41) is 22.7. The van der Waals surface area contributed by atoms with Gasteiger partial charge in [0.2, 0.25) is 0 Å². The second-order valence-electron chi connectivity index (χ2n) is 6.16. The molecule has 3 aromatic carbocycles. The number of nitrogens with one attached hydrogen (secondary N) is 1. The minimum absolute atomic E-state index is 0.0177. The van der Waals surface area contributed by atoms with Crippen LogP contribution in [-0.4, -0.2) is 21.9 Å². The second kappa shape index (κ2) is 9.19. The van der Waals surface area contributed by atoms with Crippen molar-refractivity contribution in [3.63, 3.8) is 0 Å². The van der Waals surface area contributed by atoms with Crippen LogP contribution in [0.4, 0.5) is 11.4 Å². The van der Waals surface area contributed by atoms with Gasteiger partial charge in [-0.1, -0.05) is 18.2 Å². The first-order valence-electron chi connectivity index (χ1n) is 8.64. The number of nitrogens with zero attached hydrogens (tertiary/aromatic N) is 1. The Morgan fingerprint density at radius 2 is 1.77 bits per heavy atom. The topological polar surface area (TPSA) is 119 Å². The van der Waals surface area contributed by atoms with Gasteiger partial charge in [0.15, 0.2) is 0 Å². The third-order valence-corrected chi connectivity index (χ3v) is 4.79. The molecule has 0 spiro atoms. The monoisotopic (exact) mass is 470 g/mol. The van der Waals surface area contributed by atoms with E-state index in [-0.39, 0.29) is 23.5 Å². The highest BCUT2D eigenvalue weighted by Gasteiger charge is 2.16. The molecule has 0 aliphatic carbocycles. The van der Waals surface area contributed by atoms with Gasteiger partial charge in [-0.3, -0.25) is 14.9 Å². The van der Waals surface area contributed by atoms with Gasteiger partial charge in [-0.05, 0) is 57.9 Å². The summed E-state index contributed by atoms with van der Waals surface area (Å²) < 4.78 is 6.06. The first kappa shape index (κ1) is 21.0. The Labute approximate surface area is 179 Å². The SMILES string of the molecule is O=C(Nc1c(Br)cccc1C(=O)O)c1ccc(OCc2cccc([N+](=O)[O-])c2)cc1. The van der Waals surface area contributed by atoms with Crippen molar-refractivity contribution in [1.82, 2.24) is 0 Å². The average molecular weight is 471 g/mol. The highest BCUT2D eigenvalue weighted by atomic mass is 79.9. The van der Waals surface area contributed by atoms with Crippen molar-refractivity contribution in [2.45, 2.75) is 6.61 Å². The van der Waals surface area contributed by atoms with Crippen molar-refractivity contribution in [2.75, 3.05) is 5.32 Å². The van der Waals surface area contributed by atoms with E-state index in [1.807, 2.05) is 0 Å². The predicted octanol–water partition coefficient (Wildman–Crippen LogP) is 4.89. The first-order valence-corrected chi connectivity index (χ1v) is 9.44.